The molecule has 324 valence electrons. The van der Waals surface area contributed by atoms with E-state index in [1.807, 2.05) is 11.3 Å². The number of benzene rings is 10. The quantitative estimate of drug-likeness (QED) is 0.107. The topological polar surface area (TPSA) is 43.6 Å². The molecule has 69 heavy (non-hydrogen) atoms. The number of thiophene rings is 1. The first-order valence-corrected chi connectivity index (χ1v) is 26.2. The smallest absolute Gasteiger partial charge is 0.179 e. The summed E-state index contributed by atoms with van der Waals surface area (Å²) in [4.78, 5) is 16.0. The molecule has 13 rings (SSSR count). The molecule has 13 aromatic rings. The van der Waals surface area contributed by atoms with E-state index in [1.165, 1.54) is 62.7 Å². The predicted molar refractivity (Wildman–Crippen MR) is 292 cm³/mol. The summed E-state index contributed by atoms with van der Waals surface area (Å²) < 4.78 is 4.93. The molecule has 0 spiro atoms. The van der Waals surface area contributed by atoms with Crippen molar-refractivity contribution in [1.82, 2.24) is 19.5 Å². The molecule has 0 amide bonds. The molecular formula is C63H42N4SSi. The predicted octanol–water partition coefficient (Wildman–Crippen LogP) is 13.4. The minimum atomic E-state index is -2.84. The summed E-state index contributed by atoms with van der Waals surface area (Å²) in [5, 5.41) is 10.2. The van der Waals surface area contributed by atoms with Gasteiger partial charge in [0.2, 0.25) is 0 Å². The zero-order valence-corrected chi connectivity index (χ0v) is 39.3. The molecule has 0 bridgehead atoms. The first-order chi connectivity index (χ1) is 34.2. The largest absolute Gasteiger partial charge is 0.309 e. The van der Waals surface area contributed by atoms with Gasteiger partial charge in [-0.1, -0.05) is 194 Å². The van der Waals surface area contributed by atoms with Crippen molar-refractivity contribution in [2.45, 2.75) is 0 Å². The minimum Gasteiger partial charge on any atom is -0.309 e. The van der Waals surface area contributed by atoms with Gasteiger partial charge in [0.05, 0.1) is 11.0 Å². The fourth-order valence-electron chi connectivity index (χ4n) is 10.4. The molecule has 0 atom stereocenters. The number of aromatic nitrogens is 4. The number of hydrogen-bond donors (Lipinski definition) is 0. The number of hydrogen-bond acceptors (Lipinski definition) is 4. The highest BCUT2D eigenvalue weighted by molar-refractivity contribution is 7.25. The van der Waals surface area contributed by atoms with Gasteiger partial charge in [-0.2, -0.15) is 0 Å². The lowest BCUT2D eigenvalue weighted by atomic mass is 10.0. The molecule has 4 nitrogen and oxygen atoms in total. The van der Waals surface area contributed by atoms with Crippen molar-refractivity contribution < 1.29 is 0 Å². The summed E-state index contributed by atoms with van der Waals surface area (Å²) >= 11 is 1.84. The molecule has 0 saturated carbocycles. The van der Waals surface area contributed by atoms with Gasteiger partial charge in [-0.15, -0.1) is 11.3 Å². The van der Waals surface area contributed by atoms with E-state index in [0.29, 0.717) is 17.5 Å². The Hall–Kier alpha value is -8.55. The molecule has 0 aliphatic rings. The van der Waals surface area contributed by atoms with E-state index in [-0.39, 0.29) is 0 Å². The molecule has 0 radical (unpaired) electrons. The molecule has 0 aliphatic carbocycles. The summed E-state index contributed by atoms with van der Waals surface area (Å²) in [6.45, 7) is 0. The lowest BCUT2D eigenvalue weighted by Crippen LogP contribution is -2.74. The van der Waals surface area contributed by atoms with Crippen molar-refractivity contribution in [3.05, 3.63) is 255 Å². The number of para-hydroxylation sites is 2. The van der Waals surface area contributed by atoms with Crippen LogP contribution in [0.25, 0.3) is 93.0 Å². The second kappa shape index (κ2) is 17.0. The van der Waals surface area contributed by atoms with Gasteiger partial charge in [-0.05, 0) is 92.5 Å². The number of rotatable bonds is 9. The van der Waals surface area contributed by atoms with Crippen LogP contribution in [0.5, 0.6) is 0 Å². The summed E-state index contributed by atoms with van der Waals surface area (Å²) in [6.07, 6.45) is 0. The third-order valence-electron chi connectivity index (χ3n) is 13.6. The van der Waals surface area contributed by atoms with Crippen molar-refractivity contribution in [2.75, 3.05) is 0 Å². The molecular weight excluding hydrogens is 873 g/mol. The fourth-order valence-corrected chi connectivity index (χ4v) is 16.3. The van der Waals surface area contributed by atoms with E-state index in [4.69, 9.17) is 15.0 Å². The highest BCUT2D eigenvalue weighted by Crippen LogP contribution is 2.38. The van der Waals surface area contributed by atoms with Crippen LogP contribution in [0.3, 0.4) is 0 Å². The van der Waals surface area contributed by atoms with E-state index < -0.39 is 8.07 Å². The van der Waals surface area contributed by atoms with Crippen LogP contribution in [-0.2, 0) is 0 Å². The van der Waals surface area contributed by atoms with Gasteiger partial charge in [0, 0.05) is 53.3 Å². The molecule has 0 unspecified atom stereocenters. The van der Waals surface area contributed by atoms with Gasteiger partial charge < -0.3 is 4.57 Å². The van der Waals surface area contributed by atoms with Gasteiger partial charge in [0.1, 0.15) is 0 Å². The van der Waals surface area contributed by atoms with Crippen LogP contribution in [0.2, 0.25) is 0 Å². The maximum atomic E-state index is 5.38. The van der Waals surface area contributed by atoms with Crippen molar-refractivity contribution in [3.63, 3.8) is 0 Å². The SMILES string of the molecule is c1ccc([Si](c2ccccc2)(c2ccccc2)c2cccc(-c3nc(-c4ccc(-n5c6ccccc6c6ccccc65)cc4)nc(-c4cccc(-c5ccc6sc7ccccc7c6c5)c4)n3)c2)cc1. The average Bonchev–Trinajstić information content (AvgIpc) is 3.98. The molecule has 0 aliphatic heterocycles. The molecule has 10 aromatic carbocycles. The van der Waals surface area contributed by atoms with Crippen molar-refractivity contribution in [3.8, 4) is 51.0 Å². The van der Waals surface area contributed by atoms with E-state index in [1.54, 1.807) is 0 Å². The molecule has 3 aromatic heterocycles. The zero-order chi connectivity index (χ0) is 45.7. The minimum absolute atomic E-state index is 0.614. The molecule has 3 heterocycles. The van der Waals surface area contributed by atoms with Crippen molar-refractivity contribution in [2.24, 2.45) is 0 Å². The lowest BCUT2D eigenvalue weighted by Gasteiger charge is -2.34. The highest BCUT2D eigenvalue weighted by atomic mass is 32.1. The van der Waals surface area contributed by atoms with Crippen LogP contribution in [-0.4, -0.2) is 27.6 Å². The second-order valence-electron chi connectivity index (χ2n) is 17.5. The monoisotopic (exact) mass is 914 g/mol. The molecule has 0 N–H and O–H groups in total. The number of fused-ring (bicyclic) bond motifs is 6. The highest BCUT2D eigenvalue weighted by Gasteiger charge is 2.41. The van der Waals surface area contributed by atoms with Crippen LogP contribution in [0.1, 0.15) is 0 Å². The van der Waals surface area contributed by atoms with Gasteiger partial charge in [0.15, 0.2) is 25.5 Å². The first kappa shape index (κ1) is 40.7. The number of nitrogens with zero attached hydrogens (tertiary/aromatic N) is 4. The maximum absolute atomic E-state index is 5.38. The van der Waals surface area contributed by atoms with Gasteiger partial charge in [-0.3, -0.25) is 0 Å². The summed E-state index contributed by atoms with van der Waals surface area (Å²) in [7, 11) is -2.84. The normalized spacial score (nSPS) is 11.8. The maximum Gasteiger partial charge on any atom is 0.179 e. The standard InChI is InChI=1S/C63H42N4SSi/c1-4-21-49(22-5-1)69(50-23-6-2-7-24-50,51-25-8-3-9-26-51)52-27-17-20-47(41-52)63-65-61(43-34-37-48(38-35-43)67-57-31-13-10-28-53(57)54-29-11-14-32-58(54)67)64-62(66-63)46-19-16-18-44(40-46)45-36-39-60-56(42-45)55-30-12-15-33-59(55)68-60/h1-42H. The molecule has 6 heteroatoms. The fraction of sp³-hybridized carbons (Fsp3) is 0. The third kappa shape index (κ3) is 7.00. The Balaban J connectivity index is 0.985. The van der Waals surface area contributed by atoms with Gasteiger partial charge >= 0.3 is 0 Å². The zero-order valence-electron chi connectivity index (χ0n) is 37.4. The van der Waals surface area contributed by atoms with Crippen LogP contribution in [0.4, 0.5) is 0 Å². The summed E-state index contributed by atoms with van der Waals surface area (Å²) in [5.41, 5.74) is 8.44. The van der Waals surface area contributed by atoms with E-state index in [2.05, 4.69) is 259 Å². The third-order valence-corrected chi connectivity index (χ3v) is 19.5. The van der Waals surface area contributed by atoms with Crippen molar-refractivity contribution >= 4 is 82.1 Å². The Morgan fingerprint density at radius 3 is 1.33 bits per heavy atom. The summed E-state index contributed by atoms with van der Waals surface area (Å²) in [6, 6.07) is 92.1. The molecule has 0 saturated heterocycles. The Morgan fingerprint density at radius 2 is 0.725 bits per heavy atom. The van der Waals surface area contributed by atoms with Crippen molar-refractivity contribution in [1.29, 1.82) is 0 Å². The van der Waals surface area contributed by atoms with E-state index >= 15 is 0 Å². The van der Waals surface area contributed by atoms with E-state index in [9.17, 15) is 0 Å². The van der Waals surface area contributed by atoms with Crippen LogP contribution in [0, 0.1) is 0 Å². The Bertz CT molecular complexity index is 3860. The Kier molecular flexibility index (Phi) is 10.00. The average molecular weight is 915 g/mol. The summed E-state index contributed by atoms with van der Waals surface area (Å²) in [5.74, 6) is 1.86. The van der Waals surface area contributed by atoms with Crippen LogP contribution >= 0.6 is 11.3 Å². The van der Waals surface area contributed by atoms with Crippen LogP contribution in [0.15, 0.2) is 255 Å². The molecule has 0 fully saturated rings. The second-order valence-corrected chi connectivity index (χ2v) is 22.4. The Labute approximate surface area is 405 Å². The lowest BCUT2D eigenvalue weighted by molar-refractivity contribution is 1.07. The van der Waals surface area contributed by atoms with Gasteiger partial charge in [0.25, 0.3) is 0 Å². The van der Waals surface area contributed by atoms with Gasteiger partial charge in [-0.25, -0.2) is 15.0 Å². The Morgan fingerprint density at radius 1 is 0.290 bits per heavy atom. The van der Waals surface area contributed by atoms with E-state index in [0.717, 1.165) is 33.5 Å². The van der Waals surface area contributed by atoms with Crippen LogP contribution < -0.4 is 20.7 Å². The first-order valence-electron chi connectivity index (χ1n) is 23.3.